The first-order valence-electron chi connectivity index (χ1n) is 6.09. The van der Waals surface area contributed by atoms with Gasteiger partial charge >= 0.3 is 12.0 Å². The van der Waals surface area contributed by atoms with Gasteiger partial charge in [-0.2, -0.15) is 0 Å². The molecule has 7 nitrogen and oxygen atoms in total. The number of carbonyl (C=O) groups is 2. The molecule has 2 unspecified atom stereocenters. The van der Waals surface area contributed by atoms with Gasteiger partial charge in [0.2, 0.25) is 0 Å². The molecule has 18 heavy (non-hydrogen) atoms. The summed E-state index contributed by atoms with van der Waals surface area (Å²) in [6.07, 6.45) is 0.416. The van der Waals surface area contributed by atoms with E-state index in [4.69, 9.17) is 14.9 Å². The summed E-state index contributed by atoms with van der Waals surface area (Å²) in [4.78, 5) is 23.7. The molecule has 0 aliphatic carbocycles. The van der Waals surface area contributed by atoms with Crippen LogP contribution in [0, 0.1) is 0 Å². The van der Waals surface area contributed by atoms with Gasteiger partial charge in [-0.15, -0.1) is 0 Å². The number of ether oxygens (including phenoxy) is 1. The van der Waals surface area contributed by atoms with Gasteiger partial charge in [0, 0.05) is 19.7 Å². The average Bonchev–Trinajstić information content (AvgIpc) is 2.85. The third-order valence-electron chi connectivity index (χ3n) is 2.85. The van der Waals surface area contributed by atoms with Crippen LogP contribution in [-0.2, 0) is 9.53 Å². The molecule has 0 radical (unpaired) electrons. The lowest BCUT2D eigenvalue weighted by atomic mass is 10.2. The summed E-state index contributed by atoms with van der Waals surface area (Å²) in [5, 5.41) is 19.9. The summed E-state index contributed by atoms with van der Waals surface area (Å²) < 4.78 is 5.43. The fraction of sp³-hybridized carbons (Fsp3) is 0.818. The monoisotopic (exact) mass is 260 g/mol. The molecule has 2 atom stereocenters. The van der Waals surface area contributed by atoms with Crippen LogP contribution in [0.1, 0.15) is 19.8 Å². The van der Waals surface area contributed by atoms with Crippen molar-refractivity contribution >= 4 is 12.0 Å². The number of likely N-dealkylation sites (N-methyl/N-ethyl adjacent to an activating group) is 1. The van der Waals surface area contributed by atoms with Crippen molar-refractivity contribution in [3.05, 3.63) is 0 Å². The van der Waals surface area contributed by atoms with Crippen LogP contribution in [-0.4, -0.2) is 65.6 Å². The van der Waals surface area contributed by atoms with Gasteiger partial charge in [0.05, 0.1) is 12.6 Å². The van der Waals surface area contributed by atoms with Crippen LogP contribution in [0.2, 0.25) is 0 Å². The molecular formula is C11H20N2O5. The molecule has 2 amide bonds. The average molecular weight is 260 g/mol. The summed E-state index contributed by atoms with van der Waals surface area (Å²) in [6.45, 7) is 3.26. The standard InChI is InChI=1S/C11H20N2O5/c1-2-13(7-8-4-3-5-18-8)11(17)12-6-9(14)10(15)16/h8-9,14H,2-7H2,1H3,(H,12,17)(H,15,16). The minimum Gasteiger partial charge on any atom is -0.479 e. The number of carboxylic acid groups (broad SMARTS) is 1. The van der Waals surface area contributed by atoms with Crippen molar-refractivity contribution in [2.45, 2.75) is 32.0 Å². The maximum atomic E-state index is 11.7. The molecule has 104 valence electrons. The highest BCUT2D eigenvalue weighted by Crippen LogP contribution is 2.13. The van der Waals surface area contributed by atoms with Crippen molar-refractivity contribution in [1.82, 2.24) is 10.2 Å². The molecule has 0 aromatic carbocycles. The van der Waals surface area contributed by atoms with Crippen LogP contribution < -0.4 is 5.32 Å². The molecule has 1 saturated heterocycles. The van der Waals surface area contributed by atoms with Gasteiger partial charge in [0.25, 0.3) is 0 Å². The summed E-state index contributed by atoms with van der Waals surface area (Å²) in [5.41, 5.74) is 0. The molecule has 1 rings (SSSR count). The Morgan fingerprint density at radius 3 is 2.78 bits per heavy atom. The number of carbonyl (C=O) groups excluding carboxylic acids is 1. The third-order valence-corrected chi connectivity index (χ3v) is 2.85. The van der Waals surface area contributed by atoms with Crippen LogP contribution in [0.25, 0.3) is 0 Å². The number of amides is 2. The Bertz CT molecular complexity index is 291. The lowest BCUT2D eigenvalue weighted by Gasteiger charge is -2.24. The van der Waals surface area contributed by atoms with E-state index in [1.54, 1.807) is 4.90 Å². The van der Waals surface area contributed by atoms with Gasteiger partial charge < -0.3 is 25.2 Å². The highest BCUT2D eigenvalue weighted by molar-refractivity contribution is 5.76. The van der Waals surface area contributed by atoms with Gasteiger partial charge in [0.1, 0.15) is 0 Å². The first-order valence-corrected chi connectivity index (χ1v) is 6.09. The Morgan fingerprint density at radius 1 is 1.56 bits per heavy atom. The van der Waals surface area contributed by atoms with Gasteiger partial charge in [-0.25, -0.2) is 9.59 Å². The molecule has 0 aromatic rings. The number of nitrogens with one attached hydrogen (secondary N) is 1. The Hall–Kier alpha value is -1.34. The largest absolute Gasteiger partial charge is 0.479 e. The Balaban J connectivity index is 2.34. The lowest BCUT2D eigenvalue weighted by molar-refractivity contribution is -0.146. The van der Waals surface area contributed by atoms with E-state index in [2.05, 4.69) is 5.32 Å². The van der Waals surface area contributed by atoms with E-state index in [1.165, 1.54) is 0 Å². The van der Waals surface area contributed by atoms with Crippen molar-refractivity contribution in [3.8, 4) is 0 Å². The molecule has 0 saturated carbocycles. The summed E-state index contributed by atoms with van der Waals surface area (Å²) in [5.74, 6) is -1.35. The van der Waals surface area contributed by atoms with Crippen molar-refractivity contribution in [3.63, 3.8) is 0 Å². The fourth-order valence-corrected chi connectivity index (χ4v) is 1.77. The van der Waals surface area contributed by atoms with Gasteiger partial charge in [-0.1, -0.05) is 0 Å². The first-order chi connectivity index (χ1) is 8.54. The van der Waals surface area contributed by atoms with Gasteiger partial charge in [-0.3, -0.25) is 0 Å². The smallest absolute Gasteiger partial charge is 0.334 e. The fourth-order valence-electron chi connectivity index (χ4n) is 1.77. The second-order valence-electron chi connectivity index (χ2n) is 4.21. The van der Waals surface area contributed by atoms with Crippen LogP contribution >= 0.6 is 0 Å². The number of aliphatic hydroxyl groups is 1. The van der Waals surface area contributed by atoms with Crippen LogP contribution in [0.5, 0.6) is 0 Å². The molecule has 3 N–H and O–H groups in total. The zero-order chi connectivity index (χ0) is 13.5. The van der Waals surface area contributed by atoms with E-state index in [0.717, 1.165) is 19.4 Å². The number of carboxylic acids is 1. The second kappa shape index (κ2) is 7.17. The van der Waals surface area contributed by atoms with Crippen molar-refractivity contribution in [1.29, 1.82) is 0 Å². The molecule has 0 aromatic heterocycles. The van der Waals surface area contributed by atoms with Gasteiger partial charge in [0.15, 0.2) is 6.10 Å². The van der Waals surface area contributed by atoms with Crippen LogP contribution in [0.15, 0.2) is 0 Å². The van der Waals surface area contributed by atoms with E-state index >= 15 is 0 Å². The van der Waals surface area contributed by atoms with E-state index < -0.39 is 12.1 Å². The quantitative estimate of drug-likeness (QED) is 0.606. The molecule has 1 aliphatic heterocycles. The Labute approximate surface area is 106 Å². The second-order valence-corrected chi connectivity index (χ2v) is 4.21. The number of aliphatic hydroxyl groups excluding tert-OH is 1. The number of hydrogen-bond donors (Lipinski definition) is 3. The summed E-state index contributed by atoms with van der Waals surface area (Å²) in [6, 6.07) is -0.381. The highest BCUT2D eigenvalue weighted by atomic mass is 16.5. The molecule has 1 heterocycles. The number of hydrogen-bond acceptors (Lipinski definition) is 4. The van der Waals surface area contributed by atoms with Crippen molar-refractivity contribution < 1.29 is 24.5 Å². The van der Waals surface area contributed by atoms with E-state index in [-0.39, 0.29) is 18.7 Å². The maximum Gasteiger partial charge on any atom is 0.334 e. The molecule has 0 spiro atoms. The number of urea groups is 1. The first kappa shape index (κ1) is 14.7. The van der Waals surface area contributed by atoms with Crippen molar-refractivity contribution in [2.24, 2.45) is 0 Å². The van der Waals surface area contributed by atoms with E-state index in [0.29, 0.717) is 13.1 Å². The molecular weight excluding hydrogens is 240 g/mol. The van der Waals surface area contributed by atoms with Crippen molar-refractivity contribution in [2.75, 3.05) is 26.2 Å². The third kappa shape index (κ3) is 4.50. The lowest BCUT2D eigenvalue weighted by Crippen LogP contribution is -2.46. The highest BCUT2D eigenvalue weighted by Gasteiger charge is 2.22. The molecule has 1 aliphatic rings. The van der Waals surface area contributed by atoms with E-state index in [1.807, 2.05) is 6.92 Å². The number of rotatable bonds is 6. The topological polar surface area (TPSA) is 99.1 Å². The minimum absolute atomic E-state index is 0.0556. The number of nitrogens with zero attached hydrogens (tertiary/aromatic N) is 1. The minimum atomic E-state index is -1.57. The molecule has 1 fully saturated rings. The molecule has 0 bridgehead atoms. The summed E-state index contributed by atoms with van der Waals surface area (Å²) in [7, 11) is 0. The maximum absolute atomic E-state index is 11.7. The normalized spacial score (nSPS) is 20.4. The number of aliphatic carboxylic acids is 1. The zero-order valence-electron chi connectivity index (χ0n) is 10.5. The molecule has 7 heteroatoms. The van der Waals surface area contributed by atoms with Gasteiger partial charge in [-0.05, 0) is 19.8 Å². The Kier molecular flexibility index (Phi) is 5.87. The summed E-state index contributed by atoms with van der Waals surface area (Å²) >= 11 is 0. The zero-order valence-corrected chi connectivity index (χ0v) is 10.5. The predicted molar refractivity (Wildman–Crippen MR) is 63.3 cm³/mol. The van der Waals surface area contributed by atoms with Crippen LogP contribution in [0.3, 0.4) is 0 Å². The Morgan fingerprint density at radius 2 is 2.28 bits per heavy atom. The SMILES string of the molecule is CCN(CC1CCCO1)C(=O)NCC(O)C(=O)O. The van der Waals surface area contributed by atoms with Crippen LogP contribution in [0.4, 0.5) is 4.79 Å². The van der Waals surface area contributed by atoms with E-state index in [9.17, 15) is 9.59 Å². The predicted octanol–water partition coefficient (Wildman–Crippen LogP) is -0.358.